The van der Waals surface area contributed by atoms with Crippen LogP contribution in [0.4, 0.5) is 5.82 Å². The number of aromatic nitrogens is 2. The third-order valence-corrected chi connectivity index (χ3v) is 6.74. The van der Waals surface area contributed by atoms with E-state index in [1.807, 2.05) is 64.1 Å². The van der Waals surface area contributed by atoms with Gasteiger partial charge in [0.1, 0.15) is 5.82 Å². The molecule has 5 nitrogen and oxygen atoms in total. The molecule has 0 aliphatic heterocycles. The van der Waals surface area contributed by atoms with Crippen LogP contribution in [0.2, 0.25) is 0 Å². The highest BCUT2D eigenvalue weighted by Gasteiger charge is 2.17. The number of nitrogens with zero attached hydrogens (tertiary/aromatic N) is 2. The fourth-order valence-corrected chi connectivity index (χ4v) is 4.10. The highest BCUT2D eigenvalue weighted by Crippen LogP contribution is 2.34. The molecule has 41 heavy (non-hydrogen) atoms. The number of carbonyl (C=O) groups excluding carboxylic acids is 1. The van der Waals surface area contributed by atoms with Crippen LogP contribution in [0.1, 0.15) is 62.9 Å². The molecule has 5 heteroatoms. The number of nitrogens with one attached hydrogen (secondary N) is 2. The Morgan fingerprint density at radius 3 is 2.24 bits per heavy atom. The molecule has 4 aromatic rings. The largest absolute Gasteiger partial charge is 0.378 e. The van der Waals surface area contributed by atoms with Crippen LogP contribution in [0.25, 0.3) is 28.5 Å². The van der Waals surface area contributed by atoms with Gasteiger partial charge in [0, 0.05) is 42.3 Å². The Bertz CT molecular complexity index is 1420. The van der Waals surface area contributed by atoms with Gasteiger partial charge in [0.25, 0.3) is 0 Å². The molecule has 0 radical (unpaired) electrons. The molecule has 0 saturated carbocycles. The lowest BCUT2D eigenvalue weighted by molar-refractivity contribution is -0.117. The third kappa shape index (κ3) is 9.07. The molecule has 0 saturated heterocycles. The second kappa shape index (κ2) is 16.0. The number of rotatable bonds is 8. The number of aryl methyl sites for hydroxylation is 2. The van der Waals surface area contributed by atoms with Crippen molar-refractivity contribution in [2.45, 2.75) is 60.4 Å². The Kier molecular flexibility index (Phi) is 12.8. The Balaban J connectivity index is 0.00000141. The van der Waals surface area contributed by atoms with Gasteiger partial charge in [-0.15, -0.1) is 13.2 Å². The van der Waals surface area contributed by atoms with Crippen molar-refractivity contribution in [3.63, 3.8) is 0 Å². The fraction of sp³-hybridized carbons (Fsp3) is 0.278. The molecule has 2 heterocycles. The van der Waals surface area contributed by atoms with Gasteiger partial charge in [-0.1, -0.05) is 73.5 Å². The summed E-state index contributed by atoms with van der Waals surface area (Å²) in [5, 5.41) is 3.01. The van der Waals surface area contributed by atoms with Crippen molar-refractivity contribution in [2.24, 2.45) is 0 Å². The van der Waals surface area contributed by atoms with E-state index in [0.717, 1.165) is 33.6 Å². The molecule has 0 aliphatic rings. The van der Waals surface area contributed by atoms with E-state index in [9.17, 15) is 4.79 Å². The molecule has 1 unspecified atom stereocenters. The van der Waals surface area contributed by atoms with E-state index < -0.39 is 0 Å². The van der Waals surface area contributed by atoms with Crippen molar-refractivity contribution in [3.8, 4) is 22.4 Å². The van der Waals surface area contributed by atoms with Gasteiger partial charge < -0.3 is 15.2 Å². The predicted octanol–water partition coefficient (Wildman–Crippen LogP) is 9.24. The Hall–Kier alpha value is -4.38. The number of benzene rings is 2. The second-order valence-electron chi connectivity index (χ2n) is 10.0. The van der Waals surface area contributed by atoms with Crippen molar-refractivity contribution < 1.29 is 4.79 Å². The second-order valence-corrected chi connectivity index (χ2v) is 10.0. The quantitative estimate of drug-likeness (QED) is 0.215. The van der Waals surface area contributed by atoms with Crippen LogP contribution in [0, 0.1) is 13.8 Å². The Labute approximate surface area is 247 Å². The average molecular weight is 551 g/mol. The molecule has 0 fully saturated rings. The lowest BCUT2D eigenvalue weighted by Gasteiger charge is -2.17. The summed E-state index contributed by atoms with van der Waals surface area (Å²) in [5.41, 5.74) is 8.55. The first-order valence-electron chi connectivity index (χ1n) is 14.3. The number of aromatic amines is 1. The van der Waals surface area contributed by atoms with E-state index in [1.54, 1.807) is 6.20 Å². The Morgan fingerprint density at radius 1 is 0.927 bits per heavy atom. The number of amides is 1. The van der Waals surface area contributed by atoms with Gasteiger partial charge in [0.2, 0.25) is 5.91 Å². The maximum atomic E-state index is 13.0. The number of hydrogen-bond acceptors (Lipinski definition) is 3. The molecule has 0 aliphatic carbocycles. The number of hydrogen-bond donors (Lipinski definition) is 2. The number of pyridine rings is 1. The molecular weight excluding hydrogens is 504 g/mol. The summed E-state index contributed by atoms with van der Waals surface area (Å²) < 4.78 is 0. The Morgan fingerprint density at radius 2 is 1.61 bits per heavy atom. The zero-order chi connectivity index (χ0) is 30.5. The van der Waals surface area contributed by atoms with E-state index in [0.29, 0.717) is 11.9 Å². The SMILES string of the molecule is C=C.CC.Cc1ccc(C(C)C(=O)Nc2cc(-c3[nH]c(/C=C\N(C)C(C)C)cc3-c3cccc(C)c3)ccn2)cc1. The monoisotopic (exact) mass is 550 g/mol. The van der Waals surface area contributed by atoms with E-state index in [1.165, 1.54) is 11.1 Å². The number of H-pyrrole nitrogens is 1. The zero-order valence-corrected chi connectivity index (χ0v) is 26.0. The van der Waals surface area contributed by atoms with Crippen molar-refractivity contribution in [1.29, 1.82) is 0 Å². The molecule has 0 bridgehead atoms. The molecule has 1 amide bonds. The highest BCUT2D eigenvalue weighted by molar-refractivity contribution is 5.95. The van der Waals surface area contributed by atoms with Crippen LogP contribution in [-0.2, 0) is 4.79 Å². The van der Waals surface area contributed by atoms with Crippen molar-refractivity contribution in [3.05, 3.63) is 115 Å². The van der Waals surface area contributed by atoms with E-state index in [2.05, 4.69) is 104 Å². The third-order valence-electron chi connectivity index (χ3n) is 6.74. The highest BCUT2D eigenvalue weighted by atomic mass is 16.1. The molecule has 2 aromatic heterocycles. The lowest BCUT2D eigenvalue weighted by atomic mass is 9.99. The van der Waals surface area contributed by atoms with Crippen LogP contribution in [0.3, 0.4) is 0 Å². The van der Waals surface area contributed by atoms with Crippen LogP contribution >= 0.6 is 0 Å². The summed E-state index contributed by atoms with van der Waals surface area (Å²) >= 11 is 0. The molecule has 216 valence electrons. The van der Waals surface area contributed by atoms with Gasteiger partial charge in [0.05, 0.1) is 11.6 Å². The van der Waals surface area contributed by atoms with Crippen LogP contribution in [-0.4, -0.2) is 33.9 Å². The summed E-state index contributed by atoms with van der Waals surface area (Å²) in [5.74, 6) is 0.163. The fourth-order valence-electron chi connectivity index (χ4n) is 4.10. The summed E-state index contributed by atoms with van der Waals surface area (Å²) in [6.07, 6.45) is 5.92. The van der Waals surface area contributed by atoms with Gasteiger partial charge in [-0.25, -0.2) is 4.98 Å². The lowest BCUT2D eigenvalue weighted by Crippen LogP contribution is -2.19. The maximum Gasteiger partial charge on any atom is 0.232 e. The van der Waals surface area contributed by atoms with Gasteiger partial charge in [-0.05, 0) is 70.0 Å². The van der Waals surface area contributed by atoms with Crippen molar-refractivity contribution in [2.75, 3.05) is 12.4 Å². The van der Waals surface area contributed by atoms with Gasteiger partial charge in [-0.3, -0.25) is 4.79 Å². The minimum atomic E-state index is -0.283. The molecule has 2 N–H and O–H groups in total. The van der Waals surface area contributed by atoms with Crippen LogP contribution in [0.5, 0.6) is 0 Å². The summed E-state index contributed by atoms with van der Waals surface area (Å²) in [6, 6.07) is 23.0. The van der Waals surface area contributed by atoms with Crippen LogP contribution in [0.15, 0.2) is 92.3 Å². The number of carbonyl (C=O) groups is 1. The zero-order valence-electron chi connectivity index (χ0n) is 26.0. The minimum Gasteiger partial charge on any atom is -0.378 e. The van der Waals surface area contributed by atoms with Crippen LogP contribution < -0.4 is 5.32 Å². The summed E-state index contributed by atoms with van der Waals surface area (Å²) in [4.78, 5) is 23.2. The predicted molar refractivity (Wildman–Crippen MR) is 177 cm³/mol. The topological polar surface area (TPSA) is 61.0 Å². The first-order valence-corrected chi connectivity index (χ1v) is 14.3. The first kappa shape index (κ1) is 32.8. The normalized spacial score (nSPS) is 11.2. The van der Waals surface area contributed by atoms with Gasteiger partial charge in [-0.2, -0.15) is 0 Å². The maximum absolute atomic E-state index is 13.0. The van der Waals surface area contributed by atoms with Crippen molar-refractivity contribution >= 4 is 17.8 Å². The van der Waals surface area contributed by atoms with Gasteiger partial charge in [0.15, 0.2) is 0 Å². The first-order chi connectivity index (χ1) is 19.7. The van der Waals surface area contributed by atoms with Crippen molar-refractivity contribution in [1.82, 2.24) is 14.9 Å². The van der Waals surface area contributed by atoms with E-state index in [4.69, 9.17) is 0 Å². The molecule has 0 spiro atoms. The van der Waals surface area contributed by atoms with E-state index >= 15 is 0 Å². The number of anilines is 1. The molecule has 2 aromatic carbocycles. The minimum absolute atomic E-state index is 0.0840. The molecule has 4 rings (SSSR count). The summed E-state index contributed by atoms with van der Waals surface area (Å²) in [7, 11) is 2.07. The van der Waals surface area contributed by atoms with E-state index in [-0.39, 0.29) is 11.8 Å². The standard InChI is InChI=1S/C32H36N4O.C2H6.C2H4/c1-21(2)36(6)17-15-28-20-29(26-9-7-8-23(4)18-26)31(34-28)27-14-16-33-30(19-27)35-32(37)24(5)25-12-10-22(3)11-13-25;2*1-2/h7-21,24,34H,1-6H3,(H,33,35,37);1-2H3;1-2H2/b17-15-;;. The average Bonchev–Trinajstić information content (AvgIpc) is 3.42. The molecule has 1 atom stereocenters. The van der Waals surface area contributed by atoms with Gasteiger partial charge >= 0.3 is 0 Å². The smallest absolute Gasteiger partial charge is 0.232 e. The molecular formula is C36H46N4O. The summed E-state index contributed by atoms with van der Waals surface area (Å²) in [6.45, 7) is 20.4.